The van der Waals surface area contributed by atoms with Gasteiger partial charge in [0.15, 0.2) is 5.78 Å². The van der Waals surface area contributed by atoms with Gasteiger partial charge in [0.05, 0.1) is 6.54 Å². The quantitative estimate of drug-likeness (QED) is 0.0616. The fourth-order valence-electron chi connectivity index (χ4n) is 5.28. The van der Waals surface area contributed by atoms with Crippen molar-refractivity contribution in [3.63, 3.8) is 0 Å². The van der Waals surface area contributed by atoms with E-state index >= 15 is 0 Å². The van der Waals surface area contributed by atoms with Crippen LogP contribution in [0.2, 0.25) is 0 Å². The highest BCUT2D eigenvalue weighted by molar-refractivity contribution is 6.05. The third kappa shape index (κ3) is 11.8. The van der Waals surface area contributed by atoms with E-state index < -0.39 is 12.0 Å². The van der Waals surface area contributed by atoms with Gasteiger partial charge in [0, 0.05) is 63.4 Å². The zero-order chi connectivity index (χ0) is 34.0. The molecule has 0 saturated carbocycles. The fourth-order valence-corrected chi connectivity index (χ4v) is 5.28. The minimum Gasteiger partial charge on any atom is -0.494 e. The van der Waals surface area contributed by atoms with Gasteiger partial charge in [0.25, 0.3) is 0 Å². The van der Waals surface area contributed by atoms with E-state index in [4.69, 9.17) is 24.1 Å². The number of hydrogen-bond acceptors (Lipinski definition) is 9. The number of methoxy groups -OCH3 is 1. The number of rotatable bonds is 22. The predicted octanol–water partition coefficient (Wildman–Crippen LogP) is 4.56. The zero-order valence-corrected chi connectivity index (χ0v) is 26.7. The first-order chi connectivity index (χ1) is 22.8. The largest absolute Gasteiger partial charge is 0.494 e. The van der Waals surface area contributed by atoms with Crippen LogP contribution in [0.3, 0.4) is 0 Å². The van der Waals surface area contributed by atoms with Crippen LogP contribution >= 0.6 is 0 Å². The lowest BCUT2D eigenvalue weighted by Crippen LogP contribution is -2.27. The van der Waals surface area contributed by atoms with E-state index in [0.717, 1.165) is 23.1 Å². The molecule has 0 fully saturated rings. The van der Waals surface area contributed by atoms with Gasteiger partial charge in [-0.15, -0.1) is 0 Å². The van der Waals surface area contributed by atoms with Crippen molar-refractivity contribution in [1.82, 2.24) is 10.9 Å². The highest BCUT2D eigenvalue weighted by atomic mass is 19.2. The minimum absolute atomic E-state index is 0.0691. The molecule has 1 aliphatic rings. The Morgan fingerprint density at radius 2 is 1.70 bits per heavy atom. The van der Waals surface area contributed by atoms with Crippen molar-refractivity contribution in [2.45, 2.75) is 50.9 Å². The summed E-state index contributed by atoms with van der Waals surface area (Å²) in [7, 11) is 1.53. The second-order valence-electron chi connectivity index (χ2n) is 11.0. The summed E-state index contributed by atoms with van der Waals surface area (Å²) >= 11 is 0. The Morgan fingerprint density at radius 3 is 2.47 bits per heavy atom. The third-order valence-electron chi connectivity index (χ3n) is 7.44. The number of carbonyl (C=O) groups excluding carboxylic acids is 4. The maximum atomic E-state index is 13.3. The molecule has 2 aromatic rings. The number of anilines is 1. The van der Waals surface area contributed by atoms with Crippen LogP contribution in [0.15, 0.2) is 48.7 Å². The SMILES string of the molecule is C=C(COC)OCCNC(=O)CCCC(=O)Nc1ccc2c(c1)C(COC(=O)NF)c1cccc(C(=O)CCCOCCCCO)c1-2. The number of ketones is 1. The molecular weight excluding hydrogens is 613 g/mol. The average Bonchev–Trinajstić information content (AvgIpc) is 3.37. The summed E-state index contributed by atoms with van der Waals surface area (Å²) in [5, 5.41) is 14.4. The standard InChI is InChI=1S/C34H44FN3O9/c1-23(21-44-2)46-19-15-36-31(41)11-6-12-32(42)37-24-13-14-26-28(20-24)29(22-47-34(43)38-35)25-8-5-9-27(33(25)26)30(40)10-7-18-45-17-4-3-16-39/h5,8-9,13-14,20,29,39H,1,3-4,6-7,10-12,15-19,21-22H2,2H3,(H,36,41)(H,37,42)(H,38,43). The molecule has 3 rings (SSSR count). The summed E-state index contributed by atoms with van der Waals surface area (Å²) in [6, 6.07) is 10.6. The maximum absolute atomic E-state index is 13.3. The summed E-state index contributed by atoms with van der Waals surface area (Å²) in [6.45, 7) is 5.40. The van der Waals surface area contributed by atoms with E-state index in [9.17, 15) is 23.7 Å². The molecule has 0 radical (unpaired) electrons. The van der Waals surface area contributed by atoms with E-state index in [0.29, 0.717) is 67.2 Å². The van der Waals surface area contributed by atoms with Crippen molar-refractivity contribution in [3.05, 3.63) is 65.4 Å². The molecule has 1 atom stereocenters. The number of amides is 3. The molecule has 47 heavy (non-hydrogen) atoms. The Bertz CT molecular complexity index is 1380. The number of halogens is 1. The lowest BCUT2D eigenvalue weighted by molar-refractivity contribution is -0.121. The lowest BCUT2D eigenvalue weighted by atomic mass is 9.93. The van der Waals surface area contributed by atoms with Crippen molar-refractivity contribution < 1.29 is 47.7 Å². The van der Waals surface area contributed by atoms with Crippen LogP contribution in [0, 0.1) is 0 Å². The van der Waals surface area contributed by atoms with Gasteiger partial charge >= 0.3 is 6.09 Å². The molecule has 13 heteroatoms. The second-order valence-corrected chi connectivity index (χ2v) is 11.0. The summed E-state index contributed by atoms with van der Waals surface area (Å²) in [6.07, 6.45) is 1.59. The number of carbonyl (C=O) groups is 4. The summed E-state index contributed by atoms with van der Waals surface area (Å²) in [5.74, 6) is -0.594. The van der Waals surface area contributed by atoms with Gasteiger partial charge in [-0.05, 0) is 60.1 Å². The van der Waals surface area contributed by atoms with E-state index in [-0.39, 0.29) is 63.3 Å². The van der Waals surface area contributed by atoms with E-state index in [2.05, 4.69) is 17.2 Å². The smallest absolute Gasteiger partial charge is 0.435 e. The molecule has 1 unspecified atom stereocenters. The van der Waals surface area contributed by atoms with Crippen LogP contribution in [0.1, 0.15) is 72.3 Å². The van der Waals surface area contributed by atoms with Crippen molar-refractivity contribution in [1.29, 1.82) is 0 Å². The maximum Gasteiger partial charge on any atom is 0.435 e. The number of nitrogens with one attached hydrogen (secondary N) is 3. The van der Waals surface area contributed by atoms with Crippen LogP contribution in [0.25, 0.3) is 11.1 Å². The molecule has 0 aromatic heterocycles. The molecular formula is C34H44FN3O9. The number of benzene rings is 2. The van der Waals surface area contributed by atoms with Gasteiger partial charge in [0.1, 0.15) is 25.6 Å². The highest BCUT2D eigenvalue weighted by Crippen LogP contribution is 2.47. The lowest BCUT2D eigenvalue weighted by Gasteiger charge is -2.15. The van der Waals surface area contributed by atoms with Crippen LogP contribution < -0.4 is 16.2 Å². The summed E-state index contributed by atoms with van der Waals surface area (Å²) < 4.78 is 33.5. The van der Waals surface area contributed by atoms with Gasteiger partial charge in [-0.1, -0.05) is 35.3 Å². The number of ether oxygens (including phenoxy) is 4. The summed E-state index contributed by atoms with van der Waals surface area (Å²) in [5.41, 5.74) is 4.90. The van der Waals surface area contributed by atoms with Crippen molar-refractivity contribution in [2.24, 2.45) is 0 Å². The molecule has 0 heterocycles. The zero-order valence-electron chi connectivity index (χ0n) is 26.7. The molecule has 0 spiro atoms. The number of aliphatic hydroxyl groups is 1. The van der Waals surface area contributed by atoms with Gasteiger partial charge < -0.3 is 34.7 Å². The molecule has 256 valence electrons. The highest BCUT2D eigenvalue weighted by Gasteiger charge is 2.33. The Labute approximate surface area is 273 Å². The Hall–Kier alpha value is -4.33. The fraction of sp³-hybridized carbons (Fsp3) is 0.471. The van der Waals surface area contributed by atoms with Gasteiger partial charge in [0.2, 0.25) is 11.8 Å². The predicted molar refractivity (Wildman–Crippen MR) is 172 cm³/mol. The number of unbranched alkanes of at least 4 members (excludes halogenated alkanes) is 1. The van der Waals surface area contributed by atoms with Gasteiger partial charge in [-0.2, -0.15) is 5.54 Å². The second kappa shape index (κ2) is 20.0. The van der Waals surface area contributed by atoms with E-state index in [1.165, 1.54) is 7.11 Å². The Balaban J connectivity index is 1.63. The normalized spacial score (nSPS) is 12.9. The third-order valence-corrected chi connectivity index (χ3v) is 7.44. The van der Waals surface area contributed by atoms with Crippen LogP contribution in [-0.2, 0) is 28.5 Å². The van der Waals surface area contributed by atoms with Crippen LogP contribution in [0.4, 0.5) is 15.0 Å². The van der Waals surface area contributed by atoms with Crippen molar-refractivity contribution >= 4 is 29.4 Å². The minimum atomic E-state index is -1.23. The first kappa shape index (κ1) is 37.1. The molecule has 2 aromatic carbocycles. The van der Waals surface area contributed by atoms with Crippen LogP contribution in [0.5, 0.6) is 0 Å². The number of aliphatic hydroxyl groups excluding tert-OH is 1. The van der Waals surface area contributed by atoms with Crippen molar-refractivity contribution in [2.75, 3.05) is 58.6 Å². The monoisotopic (exact) mass is 657 g/mol. The number of hydrogen-bond donors (Lipinski definition) is 4. The molecule has 1 aliphatic carbocycles. The summed E-state index contributed by atoms with van der Waals surface area (Å²) in [4.78, 5) is 49.7. The van der Waals surface area contributed by atoms with Gasteiger partial charge in [-0.25, -0.2) is 4.79 Å². The molecule has 4 N–H and O–H groups in total. The van der Waals surface area contributed by atoms with Gasteiger partial charge in [-0.3, -0.25) is 14.4 Å². The first-order valence-corrected chi connectivity index (χ1v) is 15.7. The molecule has 0 bridgehead atoms. The molecule has 12 nitrogen and oxygen atoms in total. The van der Waals surface area contributed by atoms with Crippen LogP contribution in [-0.4, -0.2) is 82.1 Å². The van der Waals surface area contributed by atoms with Crippen molar-refractivity contribution in [3.8, 4) is 11.1 Å². The molecule has 0 aliphatic heterocycles. The average molecular weight is 658 g/mol. The number of Topliss-reactive ketones (excluding diaryl/α,β-unsaturated/α-hetero) is 1. The Morgan fingerprint density at radius 1 is 0.915 bits per heavy atom. The topological polar surface area (TPSA) is 162 Å². The Kier molecular flexibility index (Phi) is 15.8. The van der Waals surface area contributed by atoms with E-state index in [1.807, 2.05) is 6.07 Å². The molecule has 0 saturated heterocycles. The number of fused-ring (bicyclic) bond motifs is 3. The van der Waals surface area contributed by atoms with E-state index in [1.54, 1.807) is 30.3 Å². The molecule has 3 amide bonds. The first-order valence-electron chi connectivity index (χ1n) is 15.7.